The molecule has 0 amide bonds. The summed E-state index contributed by atoms with van der Waals surface area (Å²) >= 11 is 0. The summed E-state index contributed by atoms with van der Waals surface area (Å²) in [4.78, 5) is 10.7. The van der Waals surface area contributed by atoms with Gasteiger partial charge in [-0.2, -0.15) is 0 Å². The minimum Gasteiger partial charge on any atom is -0.466 e. The number of methoxy groups -OCH3 is 1. The van der Waals surface area contributed by atoms with Crippen molar-refractivity contribution in [3.63, 3.8) is 0 Å². The monoisotopic (exact) mass is 210 g/mol. The Bertz CT molecular complexity index is 205. The van der Waals surface area contributed by atoms with Gasteiger partial charge in [0.1, 0.15) is 0 Å². The van der Waals surface area contributed by atoms with E-state index in [9.17, 15) is 4.79 Å². The maximum Gasteiger partial charge on any atom is 0.330 e. The number of carbonyl (C=O) groups is 1. The standard InChI is InChI=1S/C13H22O2/c1-3-4-5-6-7-8-9-10-11-12-13(14)15-2/h9-12H,3-8H2,1-2H3. The van der Waals surface area contributed by atoms with Crippen LogP contribution in [0.4, 0.5) is 0 Å². The lowest BCUT2D eigenvalue weighted by Crippen LogP contribution is -1.92. The molecule has 2 heteroatoms. The van der Waals surface area contributed by atoms with E-state index < -0.39 is 0 Å². The van der Waals surface area contributed by atoms with Gasteiger partial charge in [0.2, 0.25) is 0 Å². The molecule has 0 aromatic rings. The third-order valence-electron chi connectivity index (χ3n) is 2.16. The molecule has 0 saturated heterocycles. The summed E-state index contributed by atoms with van der Waals surface area (Å²) < 4.78 is 4.46. The van der Waals surface area contributed by atoms with Crippen LogP contribution in [0, 0.1) is 0 Å². The van der Waals surface area contributed by atoms with Crippen LogP contribution in [0.15, 0.2) is 24.3 Å². The molecule has 0 N–H and O–H groups in total. The molecule has 0 unspecified atom stereocenters. The molecule has 0 fully saturated rings. The normalized spacial score (nSPS) is 11.3. The molecule has 0 aromatic carbocycles. The highest BCUT2D eigenvalue weighted by molar-refractivity contribution is 5.82. The molecule has 0 heterocycles. The first-order valence-corrected chi connectivity index (χ1v) is 5.72. The van der Waals surface area contributed by atoms with Crippen molar-refractivity contribution >= 4 is 5.97 Å². The number of hydrogen-bond acceptors (Lipinski definition) is 2. The number of carbonyl (C=O) groups excluding carboxylic acids is 1. The Hall–Kier alpha value is -1.05. The summed E-state index contributed by atoms with van der Waals surface area (Å²) in [7, 11) is 1.38. The molecule has 0 aliphatic carbocycles. The molecule has 0 aromatic heterocycles. The minimum atomic E-state index is -0.303. The lowest BCUT2D eigenvalue weighted by Gasteiger charge is -1.95. The molecule has 0 aliphatic heterocycles. The van der Waals surface area contributed by atoms with E-state index in [-0.39, 0.29) is 5.97 Å². The molecule has 0 aliphatic rings. The SMILES string of the molecule is CCCCCCCC=CC=CC(=O)OC. The zero-order chi connectivity index (χ0) is 11.4. The number of allylic oxidation sites excluding steroid dienone is 3. The van der Waals surface area contributed by atoms with Crippen LogP contribution in [-0.4, -0.2) is 13.1 Å². The molecule has 0 bridgehead atoms. The van der Waals surface area contributed by atoms with Crippen molar-refractivity contribution in [2.24, 2.45) is 0 Å². The molecule has 0 spiro atoms. The molecular weight excluding hydrogens is 188 g/mol. The lowest BCUT2D eigenvalue weighted by atomic mass is 10.1. The molecule has 2 nitrogen and oxygen atoms in total. The second kappa shape index (κ2) is 11.0. The Morgan fingerprint density at radius 3 is 2.53 bits per heavy atom. The van der Waals surface area contributed by atoms with E-state index in [1.807, 2.05) is 6.08 Å². The predicted molar refractivity (Wildman–Crippen MR) is 63.7 cm³/mol. The molecule has 0 saturated carbocycles. The highest BCUT2D eigenvalue weighted by Crippen LogP contribution is 2.05. The Kier molecular flexibility index (Phi) is 10.3. The third kappa shape index (κ3) is 10.9. The van der Waals surface area contributed by atoms with Crippen LogP contribution < -0.4 is 0 Å². The minimum absolute atomic E-state index is 0.303. The van der Waals surface area contributed by atoms with Crippen LogP contribution in [0.2, 0.25) is 0 Å². The summed E-state index contributed by atoms with van der Waals surface area (Å²) in [5.74, 6) is -0.303. The molecule has 0 atom stereocenters. The fourth-order valence-electron chi connectivity index (χ4n) is 1.24. The fraction of sp³-hybridized carbons (Fsp3) is 0.615. The van der Waals surface area contributed by atoms with Gasteiger partial charge in [0.05, 0.1) is 7.11 Å². The maximum absolute atomic E-state index is 10.7. The molecule has 0 rings (SSSR count). The van der Waals surface area contributed by atoms with Gasteiger partial charge in [-0.25, -0.2) is 4.79 Å². The zero-order valence-corrected chi connectivity index (χ0v) is 9.87. The van der Waals surface area contributed by atoms with E-state index in [2.05, 4.69) is 17.7 Å². The van der Waals surface area contributed by atoms with E-state index in [0.717, 1.165) is 6.42 Å². The molecule has 86 valence electrons. The van der Waals surface area contributed by atoms with Gasteiger partial charge in [-0.05, 0) is 12.8 Å². The second-order valence-corrected chi connectivity index (χ2v) is 3.51. The third-order valence-corrected chi connectivity index (χ3v) is 2.16. The van der Waals surface area contributed by atoms with E-state index in [4.69, 9.17) is 0 Å². The molecule has 15 heavy (non-hydrogen) atoms. The summed E-state index contributed by atoms with van der Waals surface area (Å²) in [5.41, 5.74) is 0. The van der Waals surface area contributed by atoms with Gasteiger partial charge in [0.15, 0.2) is 0 Å². The van der Waals surface area contributed by atoms with Crippen molar-refractivity contribution in [1.29, 1.82) is 0 Å². The molecule has 0 radical (unpaired) electrons. The summed E-state index contributed by atoms with van der Waals surface area (Å²) in [6.07, 6.45) is 14.7. The summed E-state index contributed by atoms with van der Waals surface area (Å²) in [6.45, 7) is 2.22. The first kappa shape index (κ1) is 13.9. The van der Waals surface area contributed by atoms with E-state index in [1.165, 1.54) is 45.3 Å². The van der Waals surface area contributed by atoms with Gasteiger partial charge >= 0.3 is 5.97 Å². The van der Waals surface area contributed by atoms with Gasteiger partial charge in [-0.3, -0.25) is 0 Å². The second-order valence-electron chi connectivity index (χ2n) is 3.51. The smallest absolute Gasteiger partial charge is 0.330 e. The van der Waals surface area contributed by atoms with Crippen molar-refractivity contribution in [2.75, 3.05) is 7.11 Å². The van der Waals surface area contributed by atoms with Gasteiger partial charge < -0.3 is 4.74 Å². The van der Waals surface area contributed by atoms with Gasteiger partial charge in [-0.1, -0.05) is 50.8 Å². The van der Waals surface area contributed by atoms with Crippen LogP contribution in [0.5, 0.6) is 0 Å². The largest absolute Gasteiger partial charge is 0.466 e. The quantitative estimate of drug-likeness (QED) is 0.265. The number of unbranched alkanes of at least 4 members (excludes halogenated alkanes) is 5. The van der Waals surface area contributed by atoms with Gasteiger partial charge in [-0.15, -0.1) is 0 Å². The van der Waals surface area contributed by atoms with Crippen LogP contribution >= 0.6 is 0 Å². The number of esters is 1. The Labute approximate surface area is 93.0 Å². The van der Waals surface area contributed by atoms with E-state index in [0.29, 0.717) is 0 Å². The van der Waals surface area contributed by atoms with E-state index >= 15 is 0 Å². The van der Waals surface area contributed by atoms with Crippen LogP contribution in [-0.2, 0) is 9.53 Å². The average molecular weight is 210 g/mol. The highest BCUT2D eigenvalue weighted by Gasteiger charge is 1.87. The van der Waals surface area contributed by atoms with Crippen molar-refractivity contribution in [3.8, 4) is 0 Å². The lowest BCUT2D eigenvalue weighted by molar-refractivity contribution is -0.134. The first-order valence-electron chi connectivity index (χ1n) is 5.72. The molecular formula is C13H22O2. The topological polar surface area (TPSA) is 26.3 Å². The maximum atomic E-state index is 10.7. The van der Waals surface area contributed by atoms with Crippen molar-refractivity contribution in [2.45, 2.75) is 45.4 Å². The van der Waals surface area contributed by atoms with Gasteiger partial charge in [0, 0.05) is 6.08 Å². The Morgan fingerprint density at radius 1 is 1.13 bits per heavy atom. The van der Waals surface area contributed by atoms with Crippen LogP contribution in [0.1, 0.15) is 45.4 Å². The van der Waals surface area contributed by atoms with Crippen molar-refractivity contribution in [1.82, 2.24) is 0 Å². The van der Waals surface area contributed by atoms with Crippen molar-refractivity contribution in [3.05, 3.63) is 24.3 Å². The highest BCUT2D eigenvalue weighted by atomic mass is 16.5. The Morgan fingerprint density at radius 2 is 1.87 bits per heavy atom. The number of hydrogen-bond donors (Lipinski definition) is 0. The van der Waals surface area contributed by atoms with Crippen molar-refractivity contribution < 1.29 is 9.53 Å². The first-order chi connectivity index (χ1) is 7.31. The summed E-state index contributed by atoms with van der Waals surface area (Å²) in [6, 6.07) is 0. The number of rotatable bonds is 8. The summed E-state index contributed by atoms with van der Waals surface area (Å²) in [5, 5.41) is 0. The van der Waals surface area contributed by atoms with E-state index in [1.54, 1.807) is 6.08 Å². The zero-order valence-electron chi connectivity index (χ0n) is 9.87. The fourth-order valence-corrected chi connectivity index (χ4v) is 1.24. The van der Waals surface area contributed by atoms with Crippen LogP contribution in [0.3, 0.4) is 0 Å². The van der Waals surface area contributed by atoms with Crippen LogP contribution in [0.25, 0.3) is 0 Å². The van der Waals surface area contributed by atoms with Gasteiger partial charge in [0.25, 0.3) is 0 Å². The average Bonchev–Trinajstić information content (AvgIpc) is 2.26. The number of ether oxygens (including phenoxy) is 1. The predicted octanol–water partition coefficient (Wildman–Crippen LogP) is 3.63. The Balaban J connectivity index is 3.31.